The molecule has 2 N–H and O–H groups in total. The molecule has 0 aromatic heterocycles. The molecule has 0 unspecified atom stereocenters. The fourth-order valence-corrected chi connectivity index (χ4v) is 4.47. The Labute approximate surface area is 131 Å². The van der Waals surface area contributed by atoms with E-state index >= 15 is 0 Å². The lowest BCUT2D eigenvalue weighted by Crippen LogP contribution is -2.57. The zero-order valence-corrected chi connectivity index (χ0v) is 14.2. The molecule has 0 spiro atoms. The van der Waals surface area contributed by atoms with Gasteiger partial charge in [0.1, 0.15) is 4.90 Å². The van der Waals surface area contributed by atoms with Crippen molar-refractivity contribution in [1.29, 1.82) is 0 Å². The summed E-state index contributed by atoms with van der Waals surface area (Å²) in [6.45, 7) is 0.452. The van der Waals surface area contributed by atoms with Gasteiger partial charge >= 0.3 is 0 Å². The van der Waals surface area contributed by atoms with Gasteiger partial charge in [-0.3, -0.25) is 0 Å². The highest BCUT2D eigenvalue weighted by Gasteiger charge is 2.42. The summed E-state index contributed by atoms with van der Waals surface area (Å²) >= 11 is 6.03. The molecule has 0 radical (unpaired) electrons. The highest BCUT2D eigenvalue weighted by molar-refractivity contribution is 7.89. The second kappa shape index (κ2) is 5.76. The molecule has 1 aromatic carbocycles. The Morgan fingerprint density at radius 3 is 2.38 bits per heavy atom. The van der Waals surface area contributed by atoms with Gasteiger partial charge in [-0.15, -0.1) is 0 Å². The molecular formula is C14H22ClN3O2S. The van der Waals surface area contributed by atoms with Gasteiger partial charge in [0.05, 0.1) is 5.02 Å². The molecule has 2 rings (SSSR count). The number of likely N-dealkylation sites (N-methyl/N-ethyl adjacent to an activating group) is 2. The van der Waals surface area contributed by atoms with Crippen LogP contribution in [0, 0.1) is 0 Å². The topological polar surface area (TPSA) is 66.6 Å². The molecule has 5 nitrogen and oxygen atoms in total. The molecule has 1 aromatic rings. The van der Waals surface area contributed by atoms with Crippen molar-refractivity contribution < 1.29 is 8.42 Å². The van der Waals surface area contributed by atoms with Crippen LogP contribution in [-0.2, 0) is 10.0 Å². The molecule has 7 heteroatoms. The number of hydrogen-bond donors (Lipinski definition) is 1. The van der Waals surface area contributed by atoms with Crippen LogP contribution in [0.3, 0.4) is 0 Å². The Morgan fingerprint density at radius 2 is 1.90 bits per heavy atom. The van der Waals surface area contributed by atoms with Crippen LogP contribution in [0.1, 0.15) is 19.3 Å². The SMILES string of the molecule is CN(C)C1(CN(C)S(=O)(=O)c2cc(N)ccc2Cl)CCC1. The van der Waals surface area contributed by atoms with Gasteiger partial charge in [0.25, 0.3) is 0 Å². The van der Waals surface area contributed by atoms with Crippen molar-refractivity contribution >= 4 is 27.3 Å². The van der Waals surface area contributed by atoms with E-state index in [1.54, 1.807) is 13.1 Å². The Kier molecular flexibility index (Phi) is 4.54. The molecule has 0 saturated heterocycles. The maximum absolute atomic E-state index is 12.7. The predicted molar refractivity (Wildman–Crippen MR) is 85.9 cm³/mol. The number of nitrogen functional groups attached to an aromatic ring is 1. The van der Waals surface area contributed by atoms with Crippen molar-refractivity contribution in [3.05, 3.63) is 23.2 Å². The molecule has 1 saturated carbocycles. The maximum atomic E-state index is 12.7. The molecule has 0 aliphatic heterocycles. The summed E-state index contributed by atoms with van der Waals surface area (Å²) < 4.78 is 26.8. The lowest BCUT2D eigenvalue weighted by molar-refractivity contribution is 0.0455. The lowest BCUT2D eigenvalue weighted by Gasteiger charge is -2.48. The average molecular weight is 332 g/mol. The minimum atomic E-state index is -3.64. The highest BCUT2D eigenvalue weighted by Crippen LogP contribution is 2.38. The first-order chi connectivity index (χ1) is 9.69. The Morgan fingerprint density at radius 1 is 1.29 bits per heavy atom. The van der Waals surface area contributed by atoms with Crippen molar-refractivity contribution in [3.63, 3.8) is 0 Å². The zero-order valence-electron chi connectivity index (χ0n) is 12.6. The number of rotatable bonds is 5. The van der Waals surface area contributed by atoms with E-state index in [4.69, 9.17) is 17.3 Å². The summed E-state index contributed by atoms with van der Waals surface area (Å²) in [4.78, 5) is 2.18. The molecule has 1 fully saturated rings. The van der Waals surface area contributed by atoms with Crippen molar-refractivity contribution in [1.82, 2.24) is 9.21 Å². The van der Waals surface area contributed by atoms with Crippen LogP contribution in [0.4, 0.5) is 5.69 Å². The van der Waals surface area contributed by atoms with Gasteiger partial charge in [0.2, 0.25) is 10.0 Å². The standard InChI is InChI=1S/C14H22ClN3O2S/c1-17(2)14(7-4-8-14)10-18(3)21(19,20)13-9-11(16)5-6-12(13)15/h5-6,9H,4,7-8,10,16H2,1-3H3. The van der Waals surface area contributed by atoms with Crippen LogP contribution < -0.4 is 5.73 Å². The fourth-order valence-electron chi connectivity index (χ4n) is 2.72. The number of nitrogens with two attached hydrogens (primary N) is 1. The van der Waals surface area contributed by atoms with E-state index in [-0.39, 0.29) is 15.5 Å². The summed E-state index contributed by atoms with van der Waals surface area (Å²) in [5.41, 5.74) is 6.00. The van der Waals surface area contributed by atoms with Crippen LogP contribution >= 0.6 is 11.6 Å². The largest absolute Gasteiger partial charge is 0.399 e. The predicted octanol–water partition coefficient (Wildman–Crippen LogP) is 2.03. The number of halogens is 1. The quantitative estimate of drug-likeness (QED) is 0.838. The van der Waals surface area contributed by atoms with Gasteiger partial charge in [0.15, 0.2) is 0 Å². The number of sulfonamides is 1. The van der Waals surface area contributed by atoms with E-state index in [0.29, 0.717) is 12.2 Å². The molecule has 0 heterocycles. The van der Waals surface area contributed by atoms with Crippen LogP contribution in [0.5, 0.6) is 0 Å². The summed E-state index contributed by atoms with van der Waals surface area (Å²) in [5.74, 6) is 0. The fraction of sp³-hybridized carbons (Fsp3) is 0.571. The first-order valence-electron chi connectivity index (χ1n) is 6.88. The molecule has 0 bridgehead atoms. The molecule has 1 aliphatic rings. The smallest absolute Gasteiger partial charge is 0.244 e. The van der Waals surface area contributed by atoms with E-state index in [2.05, 4.69) is 4.90 Å². The lowest BCUT2D eigenvalue weighted by atomic mass is 9.75. The van der Waals surface area contributed by atoms with Crippen molar-refractivity contribution in [3.8, 4) is 0 Å². The van der Waals surface area contributed by atoms with E-state index < -0.39 is 10.0 Å². The minimum Gasteiger partial charge on any atom is -0.399 e. The third-order valence-corrected chi connectivity index (χ3v) is 6.68. The first-order valence-corrected chi connectivity index (χ1v) is 8.70. The van der Waals surface area contributed by atoms with Crippen LogP contribution in [0.2, 0.25) is 5.02 Å². The highest BCUT2D eigenvalue weighted by atomic mass is 35.5. The molecule has 21 heavy (non-hydrogen) atoms. The van der Waals surface area contributed by atoms with Gasteiger partial charge in [-0.25, -0.2) is 8.42 Å². The van der Waals surface area contributed by atoms with E-state index in [9.17, 15) is 8.42 Å². The van der Waals surface area contributed by atoms with E-state index in [1.165, 1.54) is 16.4 Å². The average Bonchev–Trinajstić information content (AvgIpc) is 2.35. The second-order valence-electron chi connectivity index (χ2n) is 5.92. The molecule has 1 aliphatic carbocycles. The Hall–Kier alpha value is -0.820. The molecule has 118 valence electrons. The summed E-state index contributed by atoms with van der Waals surface area (Å²) in [6, 6.07) is 4.52. The Bertz CT molecular complexity index is 627. The van der Waals surface area contributed by atoms with E-state index in [1.807, 2.05) is 14.1 Å². The van der Waals surface area contributed by atoms with Crippen LogP contribution in [0.25, 0.3) is 0 Å². The number of hydrogen-bond acceptors (Lipinski definition) is 4. The Balaban J connectivity index is 2.29. The van der Waals surface area contributed by atoms with Crippen LogP contribution in [-0.4, -0.2) is 50.8 Å². The summed E-state index contributed by atoms with van der Waals surface area (Å²) in [5, 5.41) is 0.198. The molecule has 0 atom stereocenters. The van der Waals surface area contributed by atoms with Crippen LogP contribution in [0.15, 0.2) is 23.1 Å². The number of benzene rings is 1. The first kappa shape index (κ1) is 16.5. The van der Waals surface area contributed by atoms with Gasteiger partial charge in [-0.1, -0.05) is 11.6 Å². The molecular weight excluding hydrogens is 310 g/mol. The third-order valence-electron chi connectivity index (χ3n) is 4.39. The maximum Gasteiger partial charge on any atom is 0.244 e. The van der Waals surface area contributed by atoms with Gasteiger partial charge in [0, 0.05) is 24.8 Å². The van der Waals surface area contributed by atoms with Crippen molar-refractivity contribution in [2.24, 2.45) is 0 Å². The summed E-state index contributed by atoms with van der Waals surface area (Å²) in [6.07, 6.45) is 3.14. The van der Waals surface area contributed by atoms with Crippen molar-refractivity contribution in [2.75, 3.05) is 33.4 Å². The second-order valence-corrected chi connectivity index (χ2v) is 8.34. The number of nitrogens with zero attached hydrogens (tertiary/aromatic N) is 2. The normalized spacial score (nSPS) is 18.0. The minimum absolute atomic E-state index is 0.0693. The molecule has 0 amide bonds. The monoisotopic (exact) mass is 331 g/mol. The summed E-state index contributed by atoms with van der Waals surface area (Å²) in [7, 11) is 1.94. The third kappa shape index (κ3) is 3.04. The van der Waals surface area contributed by atoms with Gasteiger partial charge in [-0.05, 0) is 51.6 Å². The van der Waals surface area contributed by atoms with Crippen molar-refractivity contribution in [2.45, 2.75) is 29.7 Å². The zero-order chi connectivity index (χ0) is 15.8. The van der Waals surface area contributed by atoms with E-state index in [0.717, 1.165) is 19.3 Å². The number of anilines is 1. The van der Waals surface area contributed by atoms with Gasteiger partial charge < -0.3 is 10.6 Å². The van der Waals surface area contributed by atoms with Gasteiger partial charge in [-0.2, -0.15) is 4.31 Å².